The summed E-state index contributed by atoms with van der Waals surface area (Å²) in [6.45, 7) is 8.31. The average Bonchev–Trinajstić information content (AvgIpc) is 3.02. The summed E-state index contributed by atoms with van der Waals surface area (Å²) in [7, 11) is 2.08. The van der Waals surface area contributed by atoms with Crippen LogP contribution in [0.1, 0.15) is 31.9 Å². The molecule has 0 saturated heterocycles. The number of amides is 1. The van der Waals surface area contributed by atoms with Gasteiger partial charge in [-0.1, -0.05) is 18.2 Å². The smallest absolute Gasteiger partial charge is 0.419 e. The predicted molar refractivity (Wildman–Crippen MR) is 122 cm³/mol. The Labute approximate surface area is 185 Å². The highest BCUT2D eigenvalue weighted by Gasteiger charge is 2.38. The zero-order valence-electron chi connectivity index (χ0n) is 17.9. The second kappa shape index (κ2) is 8.19. The van der Waals surface area contributed by atoms with Crippen molar-refractivity contribution in [2.75, 3.05) is 33.3 Å². The van der Waals surface area contributed by atoms with Gasteiger partial charge in [-0.3, -0.25) is 9.69 Å². The molecular formula is C23H28BrN3O3. The van der Waals surface area contributed by atoms with E-state index in [1.54, 1.807) is 4.57 Å². The summed E-state index contributed by atoms with van der Waals surface area (Å²) in [6, 6.07) is 6.21. The fourth-order valence-corrected chi connectivity index (χ4v) is 5.58. The molecule has 2 aliphatic rings. The number of nitrogens with zero attached hydrogens (tertiary/aromatic N) is 3. The minimum Gasteiger partial charge on any atom is -0.449 e. The Morgan fingerprint density at radius 3 is 2.63 bits per heavy atom. The number of carbonyl (C=O) groups excluding carboxylic acids is 2. The van der Waals surface area contributed by atoms with Crippen LogP contribution in [0.15, 0.2) is 28.9 Å². The normalized spacial score (nSPS) is 20.6. The molecule has 1 amide bonds. The van der Waals surface area contributed by atoms with Gasteiger partial charge in [-0.05, 0) is 72.9 Å². The molecule has 2 heterocycles. The number of halogens is 1. The molecule has 7 heteroatoms. The van der Waals surface area contributed by atoms with E-state index in [1.165, 1.54) is 5.57 Å². The summed E-state index contributed by atoms with van der Waals surface area (Å²) in [6.07, 6.45) is 2.58. The second-order valence-corrected chi connectivity index (χ2v) is 8.65. The Morgan fingerprint density at radius 1 is 1.23 bits per heavy atom. The van der Waals surface area contributed by atoms with Gasteiger partial charge in [0.1, 0.15) is 0 Å². The van der Waals surface area contributed by atoms with Crippen molar-refractivity contribution in [3.05, 3.63) is 40.0 Å². The first-order valence-electron chi connectivity index (χ1n) is 10.6. The Balaban J connectivity index is 1.86. The van der Waals surface area contributed by atoms with Gasteiger partial charge in [-0.25, -0.2) is 9.36 Å². The highest BCUT2D eigenvalue weighted by atomic mass is 79.9. The van der Waals surface area contributed by atoms with Crippen LogP contribution in [0.25, 0.3) is 16.5 Å². The molecular weight excluding hydrogens is 446 g/mol. The van der Waals surface area contributed by atoms with Crippen LogP contribution in [0, 0.1) is 5.92 Å². The van der Waals surface area contributed by atoms with Crippen molar-refractivity contribution in [3.63, 3.8) is 0 Å². The number of fused-ring (bicyclic) bond motifs is 2. The van der Waals surface area contributed by atoms with E-state index in [-0.39, 0.29) is 24.0 Å². The molecule has 0 saturated carbocycles. The summed E-state index contributed by atoms with van der Waals surface area (Å²) < 4.78 is 7.67. The van der Waals surface area contributed by atoms with Crippen LogP contribution in [0.3, 0.4) is 0 Å². The van der Waals surface area contributed by atoms with Crippen LogP contribution in [0.5, 0.6) is 0 Å². The molecule has 0 bridgehead atoms. The Kier molecular flexibility index (Phi) is 5.77. The number of likely N-dealkylation sites (N-methyl/N-ethyl adjacent to an activating group) is 1. The van der Waals surface area contributed by atoms with Gasteiger partial charge in [0.25, 0.3) is 0 Å². The third-order valence-corrected chi connectivity index (χ3v) is 7.17. The Bertz CT molecular complexity index is 1040. The van der Waals surface area contributed by atoms with Crippen LogP contribution in [0.4, 0.5) is 4.79 Å². The summed E-state index contributed by atoms with van der Waals surface area (Å²) >= 11 is 3.67. The summed E-state index contributed by atoms with van der Waals surface area (Å²) in [5, 5.41) is 1.07. The minimum absolute atomic E-state index is 0.159. The van der Waals surface area contributed by atoms with Gasteiger partial charge in [0.2, 0.25) is 5.91 Å². The summed E-state index contributed by atoms with van der Waals surface area (Å²) in [4.78, 5) is 29.9. The van der Waals surface area contributed by atoms with Crippen LogP contribution < -0.4 is 0 Å². The Morgan fingerprint density at radius 2 is 1.97 bits per heavy atom. The SMILES string of the molecule is CCOC(=O)n1c(Br)c2c3c(cccc31)C1=CC(C(=O)N(CC)CC)CN(C)C1C2. The zero-order valence-corrected chi connectivity index (χ0v) is 19.5. The number of rotatable bonds is 4. The van der Waals surface area contributed by atoms with E-state index < -0.39 is 0 Å². The fourth-order valence-electron chi connectivity index (χ4n) is 4.88. The maximum absolute atomic E-state index is 13.1. The first kappa shape index (κ1) is 21.1. The van der Waals surface area contributed by atoms with E-state index >= 15 is 0 Å². The number of hydrogen-bond acceptors (Lipinski definition) is 4. The molecule has 1 aliphatic carbocycles. The molecule has 0 N–H and O–H groups in total. The van der Waals surface area contributed by atoms with E-state index in [2.05, 4.69) is 40.0 Å². The van der Waals surface area contributed by atoms with Crippen LogP contribution in [-0.4, -0.2) is 65.7 Å². The van der Waals surface area contributed by atoms with Crippen LogP contribution in [0.2, 0.25) is 0 Å². The largest absolute Gasteiger partial charge is 0.449 e. The molecule has 0 fully saturated rings. The maximum atomic E-state index is 13.1. The number of ether oxygens (including phenoxy) is 1. The van der Waals surface area contributed by atoms with Crippen molar-refractivity contribution in [1.82, 2.24) is 14.4 Å². The molecule has 2 unspecified atom stereocenters. The average molecular weight is 474 g/mol. The van der Waals surface area contributed by atoms with Gasteiger partial charge in [0.05, 0.1) is 22.6 Å². The van der Waals surface area contributed by atoms with Crippen molar-refractivity contribution >= 4 is 44.4 Å². The fraction of sp³-hybridized carbons (Fsp3) is 0.478. The van der Waals surface area contributed by atoms with E-state index in [4.69, 9.17) is 4.74 Å². The third kappa shape index (κ3) is 3.19. The number of benzene rings is 1. The van der Waals surface area contributed by atoms with Gasteiger partial charge >= 0.3 is 6.09 Å². The van der Waals surface area contributed by atoms with E-state index in [0.29, 0.717) is 13.2 Å². The quantitative estimate of drug-likeness (QED) is 0.669. The first-order valence-corrected chi connectivity index (χ1v) is 11.4. The lowest BCUT2D eigenvalue weighted by Crippen LogP contribution is -2.47. The number of carbonyl (C=O) groups is 2. The molecule has 1 aromatic heterocycles. The molecule has 30 heavy (non-hydrogen) atoms. The molecule has 0 spiro atoms. The van der Waals surface area contributed by atoms with Crippen molar-refractivity contribution in [3.8, 4) is 0 Å². The van der Waals surface area contributed by atoms with Crippen molar-refractivity contribution in [1.29, 1.82) is 0 Å². The molecule has 1 aliphatic heterocycles. The van der Waals surface area contributed by atoms with Gasteiger partial charge in [-0.15, -0.1) is 0 Å². The lowest BCUT2D eigenvalue weighted by atomic mass is 9.79. The van der Waals surface area contributed by atoms with Crippen molar-refractivity contribution in [2.24, 2.45) is 5.92 Å². The van der Waals surface area contributed by atoms with E-state index in [9.17, 15) is 9.59 Å². The highest BCUT2D eigenvalue weighted by Crippen LogP contribution is 2.44. The first-order chi connectivity index (χ1) is 14.4. The summed E-state index contributed by atoms with van der Waals surface area (Å²) in [5.74, 6) is 0.0228. The monoisotopic (exact) mass is 473 g/mol. The van der Waals surface area contributed by atoms with Gasteiger partial charge in [0, 0.05) is 31.1 Å². The number of hydrogen-bond donors (Lipinski definition) is 0. The van der Waals surface area contributed by atoms with Crippen LogP contribution >= 0.6 is 15.9 Å². The second-order valence-electron chi connectivity index (χ2n) is 7.90. The van der Waals surface area contributed by atoms with Crippen LogP contribution in [-0.2, 0) is 16.0 Å². The number of aromatic nitrogens is 1. The maximum Gasteiger partial charge on any atom is 0.419 e. The van der Waals surface area contributed by atoms with Gasteiger partial charge < -0.3 is 9.64 Å². The zero-order chi connectivity index (χ0) is 21.6. The highest BCUT2D eigenvalue weighted by molar-refractivity contribution is 9.10. The molecule has 6 nitrogen and oxygen atoms in total. The minimum atomic E-state index is -0.375. The van der Waals surface area contributed by atoms with Gasteiger partial charge in [-0.2, -0.15) is 0 Å². The molecule has 2 aromatic rings. The molecule has 1 aromatic carbocycles. The standard InChI is InChI=1S/C23H28BrN3O3/c1-5-26(6-2)22(28)14-11-16-15-9-8-10-18-20(15)17(12-19(16)25(4)13-14)21(24)27(18)23(29)30-7-3/h8-11,14,19H,5-7,12-13H2,1-4H3. The van der Waals surface area contributed by atoms with E-state index in [1.807, 2.05) is 37.8 Å². The molecule has 0 radical (unpaired) electrons. The topological polar surface area (TPSA) is 54.8 Å². The van der Waals surface area contributed by atoms with Gasteiger partial charge in [0.15, 0.2) is 0 Å². The van der Waals surface area contributed by atoms with Crippen molar-refractivity contribution < 1.29 is 14.3 Å². The van der Waals surface area contributed by atoms with E-state index in [0.717, 1.165) is 46.1 Å². The third-order valence-electron chi connectivity index (χ3n) is 6.34. The lowest BCUT2D eigenvalue weighted by Gasteiger charge is -2.40. The predicted octanol–water partition coefficient (Wildman–Crippen LogP) is 4.15. The molecule has 160 valence electrons. The molecule has 2 atom stereocenters. The Hall–Kier alpha value is -2.12. The lowest BCUT2D eigenvalue weighted by molar-refractivity contribution is -0.134. The summed E-state index contributed by atoms with van der Waals surface area (Å²) in [5.41, 5.74) is 4.25. The molecule has 4 rings (SSSR count). The van der Waals surface area contributed by atoms with Crippen molar-refractivity contribution in [2.45, 2.75) is 33.2 Å².